The summed E-state index contributed by atoms with van der Waals surface area (Å²) in [6.07, 6.45) is 1.69. The SMILES string of the molecule is CCN(Cc1ccccc1)c1ccc(/C=N\NC(=S)Nc2cc(S(=O)(=O)N(C)C)ccc2C)cc1. The van der Waals surface area contributed by atoms with Gasteiger partial charge in [0, 0.05) is 38.6 Å². The fraction of sp³-hybridized carbons (Fsp3) is 0.231. The van der Waals surface area contributed by atoms with Crippen LogP contribution in [0, 0.1) is 6.92 Å². The van der Waals surface area contributed by atoms with E-state index in [-0.39, 0.29) is 10.0 Å². The summed E-state index contributed by atoms with van der Waals surface area (Å²) < 4.78 is 26.0. The number of nitrogens with zero attached hydrogens (tertiary/aromatic N) is 3. The molecule has 3 rings (SSSR count). The fourth-order valence-corrected chi connectivity index (χ4v) is 4.47. The molecule has 0 aliphatic rings. The van der Waals surface area contributed by atoms with Crippen molar-refractivity contribution < 1.29 is 8.42 Å². The van der Waals surface area contributed by atoms with Crippen molar-refractivity contribution in [2.75, 3.05) is 30.9 Å². The third kappa shape index (κ3) is 7.11. The van der Waals surface area contributed by atoms with Gasteiger partial charge in [0.25, 0.3) is 0 Å². The summed E-state index contributed by atoms with van der Waals surface area (Å²) in [5, 5.41) is 7.49. The number of sulfonamides is 1. The Labute approximate surface area is 213 Å². The quantitative estimate of drug-likeness (QED) is 0.250. The first-order chi connectivity index (χ1) is 16.7. The van der Waals surface area contributed by atoms with Gasteiger partial charge in [-0.25, -0.2) is 12.7 Å². The minimum Gasteiger partial charge on any atom is -0.367 e. The van der Waals surface area contributed by atoms with E-state index in [0.29, 0.717) is 5.69 Å². The molecule has 0 spiro atoms. The number of thiocarbonyl (C=S) groups is 1. The van der Waals surface area contributed by atoms with E-state index in [1.54, 1.807) is 24.4 Å². The Kier molecular flexibility index (Phi) is 8.97. The van der Waals surface area contributed by atoms with E-state index in [9.17, 15) is 8.42 Å². The van der Waals surface area contributed by atoms with E-state index in [1.807, 2.05) is 25.1 Å². The molecular weight excluding hydrogens is 478 g/mol. The third-order valence-electron chi connectivity index (χ3n) is 5.47. The van der Waals surface area contributed by atoms with Gasteiger partial charge in [0.2, 0.25) is 10.0 Å². The summed E-state index contributed by atoms with van der Waals surface area (Å²) in [6, 6.07) is 23.4. The van der Waals surface area contributed by atoms with Crippen molar-refractivity contribution in [1.82, 2.24) is 9.73 Å². The molecule has 0 aromatic heterocycles. The van der Waals surface area contributed by atoms with Crippen LogP contribution in [0.2, 0.25) is 0 Å². The Hall–Kier alpha value is -3.27. The first-order valence-electron chi connectivity index (χ1n) is 11.2. The molecule has 0 unspecified atom stereocenters. The highest BCUT2D eigenvalue weighted by atomic mass is 32.2. The summed E-state index contributed by atoms with van der Waals surface area (Å²) in [4.78, 5) is 2.50. The Morgan fingerprint density at radius 2 is 1.71 bits per heavy atom. The largest absolute Gasteiger partial charge is 0.367 e. The average molecular weight is 510 g/mol. The van der Waals surface area contributed by atoms with Crippen LogP contribution in [0.4, 0.5) is 11.4 Å². The van der Waals surface area contributed by atoms with Gasteiger partial charge in [0.1, 0.15) is 0 Å². The second kappa shape index (κ2) is 11.9. The Morgan fingerprint density at radius 3 is 2.34 bits per heavy atom. The van der Waals surface area contributed by atoms with Crippen molar-refractivity contribution in [3.05, 3.63) is 89.5 Å². The zero-order valence-electron chi connectivity index (χ0n) is 20.4. The highest BCUT2D eigenvalue weighted by Gasteiger charge is 2.18. The van der Waals surface area contributed by atoms with Gasteiger partial charge in [-0.1, -0.05) is 48.5 Å². The van der Waals surface area contributed by atoms with Crippen molar-refractivity contribution in [2.45, 2.75) is 25.3 Å². The van der Waals surface area contributed by atoms with Crippen LogP contribution in [0.3, 0.4) is 0 Å². The number of hydrogen-bond donors (Lipinski definition) is 2. The van der Waals surface area contributed by atoms with Crippen LogP contribution < -0.4 is 15.6 Å². The topological polar surface area (TPSA) is 77.0 Å². The van der Waals surface area contributed by atoms with Crippen LogP contribution in [0.5, 0.6) is 0 Å². The summed E-state index contributed by atoms with van der Waals surface area (Å²) >= 11 is 5.33. The molecule has 0 bridgehead atoms. The van der Waals surface area contributed by atoms with E-state index in [0.717, 1.165) is 29.9 Å². The van der Waals surface area contributed by atoms with Crippen LogP contribution in [-0.2, 0) is 16.6 Å². The van der Waals surface area contributed by atoms with Gasteiger partial charge in [-0.3, -0.25) is 5.43 Å². The van der Waals surface area contributed by atoms with Gasteiger partial charge in [0.05, 0.1) is 11.1 Å². The smallest absolute Gasteiger partial charge is 0.242 e. The number of anilines is 2. The molecule has 184 valence electrons. The molecule has 0 heterocycles. The molecule has 0 saturated heterocycles. The molecule has 0 saturated carbocycles. The molecular formula is C26H31N5O2S2. The summed E-state index contributed by atoms with van der Waals surface area (Å²) in [7, 11) is -0.540. The first kappa shape index (κ1) is 26.3. The van der Waals surface area contributed by atoms with Crippen molar-refractivity contribution in [3.8, 4) is 0 Å². The molecule has 2 N–H and O–H groups in total. The minimum absolute atomic E-state index is 0.190. The van der Waals surface area contributed by atoms with Gasteiger partial charge in [-0.05, 0) is 67.0 Å². The lowest BCUT2D eigenvalue weighted by molar-refractivity contribution is 0.521. The van der Waals surface area contributed by atoms with Crippen molar-refractivity contribution in [2.24, 2.45) is 5.10 Å². The Morgan fingerprint density at radius 1 is 1.03 bits per heavy atom. The lowest BCUT2D eigenvalue weighted by Crippen LogP contribution is -2.25. The summed E-state index contributed by atoms with van der Waals surface area (Å²) in [6.45, 7) is 5.77. The van der Waals surface area contributed by atoms with E-state index < -0.39 is 10.0 Å². The molecule has 7 nitrogen and oxygen atoms in total. The van der Waals surface area contributed by atoms with E-state index in [4.69, 9.17) is 12.2 Å². The first-order valence-corrected chi connectivity index (χ1v) is 13.1. The van der Waals surface area contributed by atoms with E-state index in [2.05, 4.69) is 64.1 Å². The lowest BCUT2D eigenvalue weighted by atomic mass is 10.1. The second-order valence-corrected chi connectivity index (χ2v) is 10.7. The number of hydrogen-bond acceptors (Lipinski definition) is 5. The maximum Gasteiger partial charge on any atom is 0.242 e. The van der Waals surface area contributed by atoms with E-state index in [1.165, 1.54) is 24.0 Å². The molecule has 0 fully saturated rings. The predicted octanol–water partition coefficient (Wildman–Crippen LogP) is 4.59. The number of rotatable bonds is 9. The van der Waals surface area contributed by atoms with Gasteiger partial charge in [-0.2, -0.15) is 5.10 Å². The van der Waals surface area contributed by atoms with Crippen molar-refractivity contribution in [1.29, 1.82) is 0 Å². The highest BCUT2D eigenvalue weighted by molar-refractivity contribution is 7.89. The molecule has 0 radical (unpaired) electrons. The Bertz CT molecular complexity index is 1270. The second-order valence-electron chi connectivity index (χ2n) is 8.18. The van der Waals surface area contributed by atoms with Gasteiger partial charge >= 0.3 is 0 Å². The monoisotopic (exact) mass is 509 g/mol. The number of benzene rings is 3. The molecule has 9 heteroatoms. The third-order valence-corrected chi connectivity index (χ3v) is 7.48. The predicted molar refractivity (Wildman–Crippen MR) is 149 cm³/mol. The summed E-state index contributed by atoms with van der Waals surface area (Å²) in [5.41, 5.74) is 7.59. The average Bonchev–Trinajstić information content (AvgIpc) is 2.85. The van der Waals surface area contributed by atoms with E-state index >= 15 is 0 Å². The standard InChI is InChI=1S/C26H31N5O2S2/c1-5-31(19-22-9-7-6-8-10-22)23-14-12-21(13-15-23)18-27-29-26(34)28-25-17-24(16-11-20(25)2)35(32,33)30(3)4/h6-18H,5,19H2,1-4H3,(H2,28,29,34)/b27-18-. The van der Waals surface area contributed by atoms with Crippen LogP contribution in [0.15, 0.2) is 82.8 Å². The molecule has 0 aliphatic carbocycles. The summed E-state index contributed by atoms with van der Waals surface area (Å²) in [5.74, 6) is 0. The van der Waals surface area contributed by atoms with Crippen molar-refractivity contribution in [3.63, 3.8) is 0 Å². The molecule has 0 atom stereocenters. The normalized spacial score (nSPS) is 11.6. The zero-order chi connectivity index (χ0) is 25.4. The van der Waals surface area contributed by atoms with Crippen LogP contribution >= 0.6 is 12.2 Å². The van der Waals surface area contributed by atoms with Crippen LogP contribution in [-0.4, -0.2) is 44.7 Å². The molecule has 0 aliphatic heterocycles. The Balaban J connectivity index is 1.60. The van der Waals surface area contributed by atoms with Gasteiger partial charge in [-0.15, -0.1) is 0 Å². The molecule has 3 aromatic rings. The number of aryl methyl sites for hydroxylation is 1. The van der Waals surface area contributed by atoms with Crippen LogP contribution in [0.25, 0.3) is 0 Å². The molecule has 35 heavy (non-hydrogen) atoms. The minimum atomic E-state index is -3.54. The highest BCUT2D eigenvalue weighted by Crippen LogP contribution is 2.22. The number of nitrogens with one attached hydrogen (secondary N) is 2. The fourth-order valence-electron chi connectivity index (χ4n) is 3.38. The van der Waals surface area contributed by atoms with Gasteiger partial charge in [0.15, 0.2) is 5.11 Å². The molecule has 3 aromatic carbocycles. The van der Waals surface area contributed by atoms with Gasteiger partial charge < -0.3 is 10.2 Å². The lowest BCUT2D eigenvalue weighted by Gasteiger charge is -2.23. The maximum absolute atomic E-state index is 12.4. The maximum atomic E-state index is 12.4. The number of hydrazone groups is 1. The molecule has 0 amide bonds. The van der Waals surface area contributed by atoms with Crippen molar-refractivity contribution >= 4 is 44.9 Å². The van der Waals surface area contributed by atoms with Crippen LogP contribution in [0.1, 0.15) is 23.6 Å². The zero-order valence-corrected chi connectivity index (χ0v) is 22.0.